The smallest absolute Gasteiger partial charge is 0.0921 e. The van der Waals surface area contributed by atoms with Crippen molar-refractivity contribution < 1.29 is 4.74 Å². The number of rotatable bonds is 6. The molecule has 0 bridgehead atoms. The van der Waals surface area contributed by atoms with E-state index in [2.05, 4.69) is 25.9 Å². The highest BCUT2D eigenvalue weighted by Crippen LogP contribution is 2.11. The highest BCUT2D eigenvalue weighted by Gasteiger charge is 2.05. The predicted octanol–water partition coefficient (Wildman–Crippen LogP) is 2.26. The van der Waals surface area contributed by atoms with Gasteiger partial charge in [0.05, 0.1) is 19.5 Å². The molecule has 4 nitrogen and oxygen atoms in total. The molecule has 3 N–H and O–H groups in total. The summed E-state index contributed by atoms with van der Waals surface area (Å²) in [5.41, 5.74) is 8.16. The molecule has 0 radical (unpaired) electrons. The molecule has 0 unspecified atom stereocenters. The van der Waals surface area contributed by atoms with Crippen molar-refractivity contribution in [3.8, 4) is 0 Å². The monoisotopic (exact) mass is 309 g/mol. The van der Waals surface area contributed by atoms with E-state index in [0.29, 0.717) is 13.2 Å². The first-order valence-electron chi connectivity index (χ1n) is 5.79. The minimum absolute atomic E-state index is 0.0131. The summed E-state index contributed by atoms with van der Waals surface area (Å²) in [6.45, 7) is 1.12. The lowest BCUT2D eigenvalue weighted by Crippen LogP contribution is -2.28. The van der Waals surface area contributed by atoms with Gasteiger partial charge in [-0.25, -0.2) is 4.98 Å². The lowest BCUT2D eigenvalue weighted by atomic mass is 10.2. The number of aromatic nitrogens is 2. The number of hydrogen-bond donors (Lipinski definition) is 2. The zero-order chi connectivity index (χ0) is 12.8. The van der Waals surface area contributed by atoms with Gasteiger partial charge in [-0.3, -0.25) is 0 Å². The molecule has 0 spiro atoms. The van der Waals surface area contributed by atoms with Crippen molar-refractivity contribution in [3.63, 3.8) is 0 Å². The molecule has 0 aliphatic heterocycles. The maximum Gasteiger partial charge on any atom is 0.0921 e. The van der Waals surface area contributed by atoms with Gasteiger partial charge in [0.15, 0.2) is 0 Å². The van der Waals surface area contributed by atoms with Crippen LogP contribution in [0.15, 0.2) is 41.3 Å². The van der Waals surface area contributed by atoms with Gasteiger partial charge in [-0.05, 0) is 17.7 Å². The zero-order valence-corrected chi connectivity index (χ0v) is 11.6. The molecule has 0 aliphatic rings. The van der Waals surface area contributed by atoms with E-state index in [4.69, 9.17) is 10.5 Å². The van der Waals surface area contributed by atoms with E-state index in [1.54, 1.807) is 12.5 Å². The number of benzene rings is 1. The molecule has 1 aromatic heterocycles. The first kappa shape index (κ1) is 13.3. The van der Waals surface area contributed by atoms with Gasteiger partial charge >= 0.3 is 0 Å². The minimum Gasteiger partial charge on any atom is -0.375 e. The topological polar surface area (TPSA) is 63.9 Å². The average Bonchev–Trinajstić information content (AvgIpc) is 2.84. The van der Waals surface area contributed by atoms with Crippen LogP contribution in [0.5, 0.6) is 0 Å². The predicted molar refractivity (Wildman–Crippen MR) is 74.1 cm³/mol. The number of nitrogens with zero attached hydrogens (tertiary/aromatic N) is 1. The molecule has 2 rings (SSSR count). The van der Waals surface area contributed by atoms with Crippen molar-refractivity contribution in [2.75, 3.05) is 6.61 Å². The third kappa shape index (κ3) is 4.25. The van der Waals surface area contributed by atoms with Crippen molar-refractivity contribution in [2.24, 2.45) is 5.73 Å². The Hall–Kier alpha value is -1.17. The van der Waals surface area contributed by atoms with Gasteiger partial charge < -0.3 is 15.5 Å². The van der Waals surface area contributed by atoms with E-state index >= 15 is 0 Å². The van der Waals surface area contributed by atoms with Crippen molar-refractivity contribution >= 4 is 15.9 Å². The second-order valence-corrected chi connectivity index (χ2v) is 5.10. The lowest BCUT2D eigenvalue weighted by molar-refractivity contribution is 0.107. The Labute approximate surface area is 115 Å². The first-order valence-corrected chi connectivity index (χ1v) is 6.58. The number of aromatic amines is 1. The molecular formula is C13H16BrN3O. The van der Waals surface area contributed by atoms with E-state index in [0.717, 1.165) is 22.2 Å². The largest absolute Gasteiger partial charge is 0.375 e. The second-order valence-electron chi connectivity index (χ2n) is 4.18. The quantitative estimate of drug-likeness (QED) is 0.860. The van der Waals surface area contributed by atoms with E-state index in [9.17, 15) is 0 Å². The number of H-pyrrole nitrogens is 1. The third-order valence-electron chi connectivity index (χ3n) is 2.55. The molecule has 96 valence electrons. The molecule has 5 heteroatoms. The van der Waals surface area contributed by atoms with Crippen molar-refractivity contribution in [1.82, 2.24) is 9.97 Å². The molecule has 2 aromatic rings. The Balaban J connectivity index is 1.70. The maximum absolute atomic E-state index is 5.97. The van der Waals surface area contributed by atoms with Crippen molar-refractivity contribution in [3.05, 3.63) is 52.5 Å². The molecule has 1 aromatic carbocycles. The molecule has 0 saturated heterocycles. The van der Waals surface area contributed by atoms with Crippen LogP contribution in [0, 0.1) is 0 Å². The van der Waals surface area contributed by atoms with Crippen LogP contribution in [0.25, 0.3) is 0 Å². The van der Waals surface area contributed by atoms with Gasteiger partial charge in [-0.15, -0.1) is 0 Å². The summed E-state index contributed by atoms with van der Waals surface area (Å²) in [5, 5.41) is 0. The van der Waals surface area contributed by atoms with Gasteiger partial charge in [-0.2, -0.15) is 0 Å². The Kier molecular flexibility index (Phi) is 4.92. The number of nitrogens with two attached hydrogens (primary N) is 1. The van der Waals surface area contributed by atoms with Crippen LogP contribution in [-0.4, -0.2) is 22.6 Å². The molecular weight excluding hydrogens is 294 g/mol. The molecule has 0 aliphatic carbocycles. The molecule has 1 atom stereocenters. The fraction of sp³-hybridized carbons (Fsp3) is 0.308. The summed E-state index contributed by atoms with van der Waals surface area (Å²) in [6, 6.07) is 8.06. The lowest BCUT2D eigenvalue weighted by Gasteiger charge is -2.11. The Bertz CT molecular complexity index is 456. The summed E-state index contributed by atoms with van der Waals surface area (Å²) in [6.07, 6.45) is 4.19. The molecule has 0 amide bonds. The van der Waals surface area contributed by atoms with Crippen molar-refractivity contribution in [1.29, 1.82) is 0 Å². The second kappa shape index (κ2) is 6.68. The van der Waals surface area contributed by atoms with Gasteiger partial charge in [0, 0.05) is 28.8 Å². The number of hydrogen-bond acceptors (Lipinski definition) is 3. The zero-order valence-electron chi connectivity index (χ0n) is 9.97. The maximum atomic E-state index is 5.97. The van der Waals surface area contributed by atoms with Crippen LogP contribution in [-0.2, 0) is 17.8 Å². The summed E-state index contributed by atoms with van der Waals surface area (Å²) in [4.78, 5) is 6.99. The summed E-state index contributed by atoms with van der Waals surface area (Å²) < 4.78 is 6.67. The van der Waals surface area contributed by atoms with Crippen LogP contribution in [0.1, 0.15) is 11.3 Å². The average molecular weight is 310 g/mol. The molecule has 18 heavy (non-hydrogen) atoms. The minimum atomic E-state index is -0.0131. The highest BCUT2D eigenvalue weighted by atomic mass is 79.9. The standard InChI is InChI=1S/C13H16BrN3O/c14-11-3-1-10(2-4-11)7-18-8-12(15)5-13-6-16-9-17-13/h1-4,6,9,12H,5,7-8,15H2,(H,16,17)/t12-/m1/s1. The van der Waals surface area contributed by atoms with Crippen LogP contribution in [0.3, 0.4) is 0 Å². The molecule has 0 fully saturated rings. The number of halogens is 1. The molecule has 1 heterocycles. The van der Waals surface area contributed by atoms with E-state index < -0.39 is 0 Å². The Morgan fingerprint density at radius 2 is 2.11 bits per heavy atom. The number of ether oxygens (including phenoxy) is 1. The number of imidazole rings is 1. The summed E-state index contributed by atoms with van der Waals surface area (Å²) in [7, 11) is 0. The van der Waals surface area contributed by atoms with E-state index in [-0.39, 0.29) is 6.04 Å². The van der Waals surface area contributed by atoms with Crippen LogP contribution >= 0.6 is 15.9 Å². The summed E-state index contributed by atoms with van der Waals surface area (Å²) >= 11 is 3.40. The van der Waals surface area contributed by atoms with Crippen LogP contribution in [0.2, 0.25) is 0 Å². The fourth-order valence-electron chi connectivity index (χ4n) is 1.65. The Morgan fingerprint density at radius 3 is 2.78 bits per heavy atom. The SMILES string of the molecule is N[C@@H](COCc1ccc(Br)cc1)Cc1cnc[nH]1. The van der Waals surface area contributed by atoms with E-state index in [1.165, 1.54) is 0 Å². The van der Waals surface area contributed by atoms with Gasteiger partial charge in [0.25, 0.3) is 0 Å². The van der Waals surface area contributed by atoms with Crippen molar-refractivity contribution in [2.45, 2.75) is 19.1 Å². The van der Waals surface area contributed by atoms with Gasteiger partial charge in [0.1, 0.15) is 0 Å². The Morgan fingerprint density at radius 1 is 1.33 bits per heavy atom. The first-order chi connectivity index (χ1) is 8.74. The van der Waals surface area contributed by atoms with Gasteiger partial charge in [0.2, 0.25) is 0 Å². The molecule has 0 saturated carbocycles. The van der Waals surface area contributed by atoms with Crippen LogP contribution in [0.4, 0.5) is 0 Å². The van der Waals surface area contributed by atoms with E-state index in [1.807, 2.05) is 24.3 Å². The third-order valence-corrected chi connectivity index (χ3v) is 3.08. The van der Waals surface area contributed by atoms with Gasteiger partial charge in [-0.1, -0.05) is 28.1 Å². The normalized spacial score (nSPS) is 12.6. The summed E-state index contributed by atoms with van der Waals surface area (Å²) in [5.74, 6) is 0. The fourth-order valence-corrected chi connectivity index (χ4v) is 1.91. The highest BCUT2D eigenvalue weighted by molar-refractivity contribution is 9.10. The number of nitrogens with one attached hydrogen (secondary N) is 1. The van der Waals surface area contributed by atoms with Crippen LogP contribution < -0.4 is 5.73 Å².